The molecule has 1 atom stereocenters. The molecular weight excluding hydrogens is 269 g/mol. The van der Waals surface area contributed by atoms with Gasteiger partial charge in [0.05, 0.1) is 18.0 Å². The maximum Gasteiger partial charge on any atom is 0.389 e. The Balaban J connectivity index is 2.05. The topological polar surface area (TPSA) is 48.9 Å². The highest BCUT2D eigenvalue weighted by Gasteiger charge is 2.27. The molecular formula is C14H15F3N2O. The van der Waals surface area contributed by atoms with E-state index < -0.39 is 18.7 Å². The van der Waals surface area contributed by atoms with Crippen LogP contribution in [0.1, 0.15) is 30.9 Å². The lowest BCUT2D eigenvalue weighted by molar-refractivity contribution is -0.136. The number of rotatable bonds is 5. The van der Waals surface area contributed by atoms with Crippen molar-refractivity contribution in [1.29, 1.82) is 0 Å². The molecule has 2 aromatic rings. The van der Waals surface area contributed by atoms with Crippen LogP contribution in [0, 0.1) is 0 Å². The van der Waals surface area contributed by atoms with Gasteiger partial charge in [-0.25, -0.2) is 0 Å². The van der Waals surface area contributed by atoms with Gasteiger partial charge in [0.15, 0.2) is 0 Å². The van der Waals surface area contributed by atoms with Crippen molar-refractivity contribution in [2.75, 3.05) is 0 Å². The quantitative estimate of drug-likeness (QED) is 0.876. The van der Waals surface area contributed by atoms with E-state index in [1.54, 1.807) is 0 Å². The van der Waals surface area contributed by atoms with Crippen LogP contribution in [0.5, 0.6) is 0 Å². The average molecular weight is 284 g/mol. The normalized spacial score (nSPS) is 13.4. The Morgan fingerprint density at radius 3 is 2.55 bits per heavy atom. The molecule has 2 rings (SSSR count). The van der Waals surface area contributed by atoms with E-state index in [1.165, 1.54) is 6.20 Å². The summed E-state index contributed by atoms with van der Waals surface area (Å²) in [5.74, 6) is 0. The van der Waals surface area contributed by atoms with Gasteiger partial charge in [-0.3, -0.25) is 5.10 Å². The molecule has 3 nitrogen and oxygen atoms in total. The average Bonchev–Trinajstić information content (AvgIpc) is 2.87. The second kappa shape index (κ2) is 6.09. The fraction of sp³-hybridized carbons (Fsp3) is 0.357. The maximum atomic E-state index is 12.1. The number of halogens is 3. The van der Waals surface area contributed by atoms with E-state index in [0.29, 0.717) is 11.3 Å². The number of benzene rings is 1. The molecule has 0 fully saturated rings. The lowest BCUT2D eigenvalue weighted by atomic mass is 10.0. The predicted octanol–water partition coefficient (Wildman–Crippen LogP) is 3.84. The van der Waals surface area contributed by atoms with Gasteiger partial charge in [-0.15, -0.1) is 0 Å². The number of aromatic nitrogens is 2. The number of alkyl halides is 3. The standard InChI is InChI=1S/C14H15F3N2O/c15-14(16,17)8-4-7-12(20)11-9-18-19-13(11)10-5-2-1-3-6-10/h1-3,5-6,9,12,20H,4,7-8H2,(H,18,19). The van der Waals surface area contributed by atoms with Gasteiger partial charge in [-0.2, -0.15) is 18.3 Å². The fourth-order valence-corrected chi connectivity index (χ4v) is 2.04. The van der Waals surface area contributed by atoms with Crippen LogP contribution in [0.2, 0.25) is 0 Å². The number of aliphatic hydroxyl groups excluding tert-OH is 1. The third-order valence-corrected chi connectivity index (χ3v) is 3.03. The maximum absolute atomic E-state index is 12.1. The Labute approximate surface area is 114 Å². The van der Waals surface area contributed by atoms with E-state index in [0.717, 1.165) is 5.56 Å². The summed E-state index contributed by atoms with van der Waals surface area (Å²) >= 11 is 0. The van der Waals surface area contributed by atoms with Crippen molar-refractivity contribution >= 4 is 0 Å². The molecule has 1 aromatic carbocycles. The highest BCUT2D eigenvalue weighted by Crippen LogP contribution is 2.30. The molecule has 0 saturated carbocycles. The Morgan fingerprint density at radius 1 is 1.20 bits per heavy atom. The van der Waals surface area contributed by atoms with Crippen molar-refractivity contribution in [2.24, 2.45) is 0 Å². The Bertz CT molecular complexity index is 537. The lowest BCUT2D eigenvalue weighted by Gasteiger charge is -2.12. The van der Waals surface area contributed by atoms with Crippen molar-refractivity contribution in [3.05, 3.63) is 42.1 Å². The highest BCUT2D eigenvalue weighted by atomic mass is 19.4. The first kappa shape index (κ1) is 14.6. The molecule has 0 radical (unpaired) electrons. The van der Waals surface area contributed by atoms with Crippen LogP contribution in [0.15, 0.2) is 36.5 Å². The number of nitrogens with zero attached hydrogens (tertiary/aromatic N) is 1. The SMILES string of the molecule is OC(CCCC(F)(F)F)c1cn[nH]c1-c1ccccc1. The summed E-state index contributed by atoms with van der Waals surface area (Å²) in [5, 5.41) is 16.7. The van der Waals surface area contributed by atoms with Crippen LogP contribution in [-0.4, -0.2) is 21.5 Å². The molecule has 1 unspecified atom stereocenters. The molecule has 0 aliphatic heterocycles. The van der Waals surface area contributed by atoms with Gasteiger partial charge >= 0.3 is 6.18 Å². The van der Waals surface area contributed by atoms with Crippen LogP contribution in [0.25, 0.3) is 11.3 Å². The molecule has 0 bridgehead atoms. The summed E-state index contributed by atoms with van der Waals surface area (Å²) in [4.78, 5) is 0. The van der Waals surface area contributed by atoms with E-state index in [2.05, 4.69) is 10.2 Å². The summed E-state index contributed by atoms with van der Waals surface area (Å²) in [6.45, 7) is 0. The second-order valence-electron chi connectivity index (χ2n) is 4.59. The fourth-order valence-electron chi connectivity index (χ4n) is 2.04. The lowest BCUT2D eigenvalue weighted by Crippen LogP contribution is -2.08. The molecule has 20 heavy (non-hydrogen) atoms. The number of H-pyrrole nitrogens is 1. The minimum Gasteiger partial charge on any atom is -0.388 e. The number of aromatic amines is 1. The monoisotopic (exact) mass is 284 g/mol. The Hall–Kier alpha value is -1.82. The van der Waals surface area contributed by atoms with Crippen molar-refractivity contribution in [3.8, 4) is 11.3 Å². The molecule has 0 aliphatic rings. The first-order valence-electron chi connectivity index (χ1n) is 6.31. The van der Waals surface area contributed by atoms with Gasteiger partial charge in [-0.05, 0) is 18.4 Å². The first-order chi connectivity index (χ1) is 9.47. The second-order valence-corrected chi connectivity index (χ2v) is 4.59. The summed E-state index contributed by atoms with van der Waals surface area (Å²) in [7, 11) is 0. The van der Waals surface area contributed by atoms with Crippen LogP contribution >= 0.6 is 0 Å². The van der Waals surface area contributed by atoms with Crippen molar-refractivity contribution in [2.45, 2.75) is 31.5 Å². The summed E-state index contributed by atoms with van der Waals surface area (Å²) in [5.41, 5.74) is 2.01. The summed E-state index contributed by atoms with van der Waals surface area (Å²) < 4.78 is 36.3. The molecule has 0 spiro atoms. The third-order valence-electron chi connectivity index (χ3n) is 3.03. The number of aliphatic hydroxyl groups is 1. The zero-order valence-corrected chi connectivity index (χ0v) is 10.7. The highest BCUT2D eigenvalue weighted by molar-refractivity contribution is 5.62. The van der Waals surface area contributed by atoms with Crippen LogP contribution in [0.4, 0.5) is 13.2 Å². The van der Waals surface area contributed by atoms with E-state index in [-0.39, 0.29) is 12.8 Å². The largest absolute Gasteiger partial charge is 0.389 e. The molecule has 0 saturated heterocycles. The van der Waals surface area contributed by atoms with E-state index in [1.807, 2.05) is 30.3 Å². The predicted molar refractivity (Wildman–Crippen MR) is 68.9 cm³/mol. The van der Waals surface area contributed by atoms with Crippen LogP contribution in [0.3, 0.4) is 0 Å². The van der Waals surface area contributed by atoms with Gasteiger partial charge < -0.3 is 5.11 Å². The smallest absolute Gasteiger partial charge is 0.388 e. The zero-order chi connectivity index (χ0) is 14.6. The van der Waals surface area contributed by atoms with E-state index in [4.69, 9.17) is 0 Å². The summed E-state index contributed by atoms with van der Waals surface area (Å²) in [6.07, 6.45) is -4.61. The van der Waals surface area contributed by atoms with Gasteiger partial charge in [0.2, 0.25) is 0 Å². The third kappa shape index (κ3) is 3.84. The Morgan fingerprint density at radius 2 is 1.90 bits per heavy atom. The molecule has 0 aliphatic carbocycles. The molecule has 108 valence electrons. The molecule has 6 heteroatoms. The van der Waals surface area contributed by atoms with Gasteiger partial charge in [-0.1, -0.05) is 30.3 Å². The minimum absolute atomic E-state index is 0.0544. The zero-order valence-electron chi connectivity index (χ0n) is 10.7. The number of nitrogens with one attached hydrogen (secondary N) is 1. The number of hydrogen-bond acceptors (Lipinski definition) is 2. The molecule has 0 amide bonds. The van der Waals surface area contributed by atoms with Crippen molar-refractivity contribution in [3.63, 3.8) is 0 Å². The summed E-state index contributed by atoms with van der Waals surface area (Å²) in [6, 6.07) is 9.24. The molecule has 1 aromatic heterocycles. The first-order valence-corrected chi connectivity index (χ1v) is 6.31. The van der Waals surface area contributed by atoms with Crippen LogP contribution in [-0.2, 0) is 0 Å². The van der Waals surface area contributed by atoms with Gasteiger partial charge in [0, 0.05) is 12.0 Å². The molecule has 1 heterocycles. The van der Waals surface area contributed by atoms with Crippen LogP contribution < -0.4 is 0 Å². The molecule has 2 N–H and O–H groups in total. The van der Waals surface area contributed by atoms with E-state index in [9.17, 15) is 18.3 Å². The van der Waals surface area contributed by atoms with E-state index >= 15 is 0 Å². The van der Waals surface area contributed by atoms with Crippen molar-refractivity contribution < 1.29 is 18.3 Å². The number of hydrogen-bond donors (Lipinski definition) is 2. The van der Waals surface area contributed by atoms with Gasteiger partial charge in [0.1, 0.15) is 0 Å². The van der Waals surface area contributed by atoms with Gasteiger partial charge in [0.25, 0.3) is 0 Å². The minimum atomic E-state index is -4.18. The van der Waals surface area contributed by atoms with Crippen molar-refractivity contribution in [1.82, 2.24) is 10.2 Å². The Kier molecular flexibility index (Phi) is 4.44.